The van der Waals surface area contributed by atoms with Gasteiger partial charge in [-0.1, -0.05) is 42.8 Å². The molecular formula is C22H22N2O4. The van der Waals surface area contributed by atoms with Crippen molar-refractivity contribution in [2.45, 2.75) is 33.3 Å². The summed E-state index contributed by atoms with van der Waals surface area (Å²) in [7, 11) is 0. The molecule has 28 heavy (non-hydrogen) atoms. The first-order valence-electron chi connectivity index (χ1n) is 9.14. The zero-order valence-corrected chi connectivity index (χ0v) is 16.1. The third-order valence-corrected chi connectivity index (χ3v) is 4.52. The standard InChI is InChI=1S/C22H22N2O4/c1-4-15(3)28-19-8-6-5-7-16(19)13-18-20(25)23-22(27)24(21(18)26)17-11-9-14(2)10-12-17/h5-13,15H,4H2,1-3H3,(H,23,25,27)/b18-13-/t15-/m1/s1. The molecule has 3 rings (SSSR count). The second kappa shape index (κ2) is 8.08. The number of carbonyl (C=O) groups excluding carboxylic acids is 3. The predicted molar refractivity (Wildman–Crippen MR) is 107 cm³/mol. The number of hydrogen-bond donors (Lipinski definition) is 1. The van der Waals surface area contributed by atoms with Gasteiger partial charge in [0, 0.05) is 5.56 Å². The van der Waals surface area contributed by atoms with Crippen molar-refractivity contribution >= 4 is 29.6 Å². The van der Waals surface area contributed by atoms with Crippen molar-refractivity contribution in [1.82, 2.24) is 5.32 Å². The number of carbonyl (C=O) groups is 3. The molecule has 2 aromatic rings. The van der Waals surface area contributed by atoms with Gasteiger partial charge in [-0.2, -0.15) is 0 Å². The van der Waals surface area contributed by atoms with E-state index in [-0.39, 0.29) is 11.7 Å². The fourth-order valence-electron chi connectivity index (χ4n) is 2.75. The van der Waals surface area contributed by atoms with Crippen LogP contribution >= 0.6 is 0 Å². The number of benzene rings is 2. The van der Waals surface area contributed by atoms with Crippen molar-refractivity contribution < 1.29 is 19.1 Å². The van der Waals surface area contributed by atoms with Gasteiger partial charge >= 0.3 is 6.03 Å². The van der Waals surface area contributed by atoms with Gasteiger partial charge in [0.1, 0.15) is 11.3 Å². The predicted octanol–water partition coefficient (Wildman–Crippen LogP) is 3.84. The van der Waals surface area contributed by atoms with E-state index in [4.69, 9.17) is 4.74 Å². The van der Waals surface area contributed by atoms with Gasteiger partial charge in [-0.3, -0.25) is 14.9 Å². The van der Waals surface area contributed by atoms with Gasteiger partial charge in [0.05, 0.1) is 11.8 Å². The highest BCUT2D eigenvalue weighted by atomic mass is 16.5. The molecule has 1 atom stereocenters. The van der Waals surface area contributed by atoms with Gasteiger partial charge in [0.2, 0.25) is 0 Å². The van der Waals surface area contributed by atoms with Crippen LogP contribution in [0.2, 0.25) is 0 Å². The number of nitrogens with zero attached hydrogens (tertiary/aromatic N) is 1. The van der Waals surface area contributed by atoms with E-state index < -0.39 is 17.8 Å². The summed E-state index contributed by atoms with van der Waals surface area (Å²) in [4.78, 5) is 38.5. The summed E-state index contributed by atoms with van der Waals surface area (Å²) >= 11 is 0. The minimum atomic E-state index is -0.764. The molecule has 0 unspecified atom stereocenters. The van der Waals surface area contributed by atoms with Crippen LogP contribution in [0.25, 0.3) is 6.08 Å². The number of nitrogens with one attached hydrogen (secondary N) is 1. The number of ether oxygens (including phenoxy) is 1. The van der Waals surface area contributed by atoms with Crippen LogP contribution in [0.1, 0.15) is 31.4 Å². The Bertz CT molecular complexity index is 947. The van der Waals surface area contributed by atoms with Crippen molar-refractivity contribution in [3.8, 4) is 5.75 Å². The van der Waals surface area contributed by atoms with Crippen LogP contribution in [0.5, 0.6) is 5.75 Å². The first-order chi connectivity index (χ1) is 13.4. The first-order valence-corrected chi connectivity index (χ1v) is 9.14. The van der Waals surface area contributed by atoms with E-state index in [0.29, 0.717) is 17.0 Å². The molecule has 6 heteroatoms. The zero-order chi connectivity index (χ0) is 20.3. The highest BCUT2D eigenvalue weighted by molar-refractivity contribution is 6.39. The van der Waals surface area contributed by atoms with Crippen molar-refractivity contribution in [3.05, 3.63) is 65.2 Å². The summed E-state index contributed by atoms with van der Waals surface area (Å²) in [6, 6.07) is 13.3. The van der Waals surface area contributed by atoms with Crippen LogP contribution in [0.15, 0.2) is 54.1 Å². The number of amides is 4. The lowest BCUT2D eigenvalue weighted by atomic mass is 10.1. The minimum absolute atomic E-state index is 0.0129. The Balaban J connectivity index is 1.99. The minimum Gasteiger partial charge on any atom is -0.490 e. The number of imide groups is 2. The second-order valence-electron chi connectivity index (χ2n) is 6.67. The van der Waals surface area contributed by atoms with E-state index in [1.54, 1.807) is 42.5 Å². The van der Waals surface area contributed by atoms with Crippen molar-refractivity contribution in [2.24, 2.45) is 0 Å². The number of hydrogen-bond acceptors (Lipinski definition) is 4. The number of anilines is 1. The van der Waals surface area contributed by atoms with Gasteiger partial charge in [0.25, 0.3) is 11.8 Å². The summed E-state index contributed by atoms with van der Waals surface area (Å²) in [6.07, 6.45) is 2.27. The summed E-state index contributed by atoms with van der Waals surface area (Å²) in [5.41, 5.74) is 1.87. The van der Waals surface area contributed by atoms with Gasteiger partial charge in [-0.15, -0.1) is 0 Å². The number of para-hydroxylation sites is 1. The quantitative estimate of drug-likeness (QED) is 0.634. The van der Waals surface area contributed by atoms with Crippen molar-refractivity contribution in [3.63, 3.8) is 0 Å². The molecular weight excluding hydrogens is 356 g/mol. The lowest BCUT2D eigenvalue weighted by molar-refractivity contribution is -0.122. The van der Waals surface area contributed by atoms with Crippen LogP contribution in [0, 0.1) is 6.92 Å². The lowest BCUT2D eigenvalue weighted by Gasteiger charge is -2.26. The van der Waals surface area contributed by atoms with Crippen LogP contribution in [0.3, 0.4) is 0 Å². The Labute approximate surface area is 163 Å². The molecule has 0 radical (unpaired) electrons. The highest BCUT2D eigenvalue weighted by Crippen LogP contribution is 2.26. The second-order valence-corrected chi connectivity index (χ2v) is 6.67. The molecule has 0 spiro atoms. The molecule has 4 amide bonds. The van der Waals surface area contributed by atoms with Crippen LogP contribution in [-0.2, 0) is 9.59 Å². The Morgan fingerprint density at radius 3 is 2.43 bits per heavy atom. The molecule has 1 fully saturated rings. The molecule has 0 bridgehead atoms. The van der Waals surface area contributed by atoms with Gasteiger partial charge in [-0.25, -0.2) is 9.69 Å². The van der Waals surface area contributed by atoms with E-state index in [9.17, 15) is 14.4 Å². The molecule has 0 saturated carbocycles. The number of rotatable bonds is 5. The maximum atomic E-state index is 13.0. The van der Waals surface area contributed by atoms with Crippen molar-refractivity contribution in [1.29, 1.82) is 0 Å². The topological polar surface area (TPSA) is 75.7 Å². The summed E-state index contributed by atoms with van der Waals surface area (Å²) in [5, 5.41) is 2.23. The largest absolute Gasteiger partial charge is 0.490 e. The van der Waals surface area contributed by atoms with E-state index >= 15 is 0 Å². The van der Waals surface area contributed by atoms with Gasteiger partial charge in [0.15, 0.2) is 0 Å². The molecule has 0 aromatic heterocycles. The van der Waals surface area contributed by atoms with Crippen LogP contribution in [0.4, 0.5) is 10.5 Å². The molecule has 1 heterocycles. The van der Waals surface area contributed by atoms with Gasteiger partial charge < -0.3 is 4.74 Å². The Hall–Kier alpha value is -3.41. The molecule has 0 aliphatic carbocycles. The molecule has 2 aromatic carbocycles. The fourth-order valence-corrected chi connectivity index (χ4v) is 2.75. The number of aryl methyl sites for hydroxylation is 1. The lowest BCUT2D eigenvalue weighted by Crippen LogP contribution is -2.54. The molecule has 1 N–H and O–H groups in total. The van der Waals surface area contributed by atoms with E-state index in [1.807, 2.05) is 26.8 Å². The average Bonchev–Trinajstić information content (AvgIpc) is 2.67. The fraction of sp³-hybridized carbons (Fsp3) is 0.227. The first kappa shape index (κ1) is 19.4. The smallest absolute Gasteiger partial charge is 0.335 e. The molecule has 1 aliphatic heterocycles. The third kappa shape index (κ3) is 3.96. The Morgan fingerprint density at radius 1 is 1.07 bits per heavy atom. The van der Waals surface area contributed by atoms with E-state index in [0.717, 1.165) is 16.9 Å². The summed E-state index contributed by atoms with van der Waals surface area (Å²) < 4.78 is 5.88. The normalized spacial score (nSPS) is 16.9. The summed E-state index contributed by atoms with van der Waals surface area (Å²) in [6.45, 7) is 5.86. The molecule has 1 saturated heterocycles. The van der Waals surface area contributed by atoms with E-state index in [2.05, 4.69) is 5.32 Å². The summed E-state index contributed by atoms with van der Waals surface area (Å²) in [5.74, 6) is -0.823. The maximum absolute atomic E-state index is 13.0. The molecule has 1 aliphatic rings. The van der Waals surface area contributed by atoms with Crippen molar-refractivity contribution in [2.75, 3.05) is 4.90 Å². The van der Waals surface area contributed by atoms with Gasteiger partial charge in [-0.05, 0) is 44.5 Å². The van der Waals surface area contributed by atoms with Crippen LogP contribution in [-0.4, -0.2) is 23.9 Å². The molecule has 144 valence electrons. The zero-order valence-electron chi connectivity index (χ0n) is 16.1. The maximum Gasteiger partial charge on any atom is 0.335 e. The highest BCUT2D eigenvalue weighted by Gasteiger charge is 2.36. The monoisotopic (exact) mass is 378 g/mol. The molecule has 6 nitrogen and oxygen atoms in total. The Morgan fingerprint density at radius 2 is 1.75 bits per heavy atom. The SMILES string of the molecule is CC[C@@H](C)Oc1ccccc1/C=C1/C(=O)NC(=O)N(c2ccc(C)cc2)C1=O. The number of urea groups is 1. The average molecular weight is 378 g/mol. The Kier molecular flexibility index (Phi) is 5.59. The number of barbiturate groups is 1. The van der Waals surface area contributed by atoms with Crippen LogP contribution < -0.4 is 15.0 Å². The third-order valence-electron chi connectivity index (χ3n) is 4.52. The van der Waals surface area contributed by atoms with E-state index in [1.165, 1.54) is 6.08 Å².